The van der Waals surface area contributed by atoms with E-state index in [9.17, 15) is 14.4 Å². The van der Waals surface area contributed by atoms with Gasteiger partial charge in [0.25, 0.3) is 0 Å². The van der Waals surface area contributed by atoms with Crippen LogP contribution in [0.4, 0.5) is 10.5 Å². The monoisotopic (exact) mass is 464 g/mol. The van der Waals surface area contributed by atoms with E-state index in [1.54, 1.807) is 34.1 Å². The number of nitrogens with one attached hydrogen (secondary N) is 2. The van der Waals surface area contributed by atoms with Gasteiger partial charge in [0.2, 0.25) is 11.8 Å². The van der Waals surface area contributed by atoms with E-state index < -0.39 is 6.04 Å². The van der Waals surface area contributed by atoms with Crippen molar-refractivity contribution < 1.29 is 14.4 Å². The maximum absolute atomic E-state index is 13.1. The molecule has 1 heterocycles. The summed E-state index contributed by atoms with van der Waals surface area (Å²) in [7, 11) is 0. The predicted molar refractivity (Wildman–Crippen MR) is 129 cm³/mol. The third-order valence-corrected chi connectivity index (χ3v) is 5.98. The Bertz CT molecular complexity index is 746. The average Bonchev–Trinajstić information content (AvgIpc) is 2.78. The van der Waals surface area contributed by atoms with Gasteiger partial charge in [-0.25, -0.2) is 4.79 Å². The van der Waals surface area contributed by atoms with Gasteiger partial charge in [0.15, 0.2) is 0 Å². The van der Waals surface area contributed by atoms with E-state index in [2.05, 4.69) is 17.6 Å². The van der Waals surface area contributed by atoms with Gasteiger partial charge in [-0.2, -0.15) is 0 Å². The summed E-state index contributed by atoms with van der Waals surface area (Å²) in [6.45, 7) is 7.84. The van der Waals surface area contributed by atoms with Gasteiger partial charge in [-0.3, -0.25) is 9.59 Å². The average molecular weight is 465 g/mol. The molecule has 1 aromatic rings. The second kappa shape index (κ2) is 13.3. The lowest BCUT2D eigenvalue weighted by Gasteiger charge is -2.37. The Balaban J connectivity index is 1.80. The number of hydrogen-bond donors (Lipinski definition) is 2. The van der Waals surface area contributed by atoms with Crippen molar-refractivity contribution in [1.82, 2.24) is 15.1 Å². The lowest BCUT2D eigenvalue weighted by atomic mass is 10.0. The van der Waals surface area contributed by atoms with E-state index in [-0.39, 0.29) is 23.8 Å². The van der Waals surface area contributed by atoms with Gasteiger partial charge in [-0.15, -0.1) is 0 Å². The fourth-order valence-electron chi connectivity index (χ4n) is 3.71. The van der Waals surface area contributed by atoms with Crippen LogP contribution in [-0.2, 0) is 9.59 Å². The smallest absolute Gasteiger partial charge is 0.321 e. The van der Waals surface area contributed by atoms with E-state index >= 15 is 0 Å². The minimum atomic E-state index is -0.535. The van der Waals surface area contributed by atoms with Crippen LogP contribution in [0.25, 0.3) is 0 Å². The summed E-state index contributed by atoms with van der Waals surface area (Å²) >= 11 is 5.88. The molecule has 0 radical (unpaired) electrons. The van der Waals surface area contributed by atoms with Crippen LogP contribution in [0.1, 0.15) is 59.3 Å². The number of carbonyl (C=O) groups is 3. The molecule has 0 aromatic heterocycles. The highest BCUT2D eigenvalue weighted by atomic mass is 35.5. The first kappa shape index (κ1) is 26.0. The molecule has 0 aliphatic carbocycles. The van der Waals surface area contributed by atoms with E-state index in [4.69, 9.17) is 11.6 Å². The number of unbranched alkanes of at least 4 members (excludes halogenated alkanes) is 4. The van der Waals surface area contributed by atoms with E-state index in [0.29, 0.717) is 43.3 Å². The van der Waals surface area contributed by atoms with Crippen molar-refractivity contribution in [3.63, 3.8) is 0 Å². The number of amides is 4. The third kappa shape index (κ3) is 8.34. The maximum Gasteiger partial charge on any atom is 0.321 e. The van der Waals surface area contributed by atoms with Crippen LogP contribution >= 0.6 is 11.6 Å². The molecule has 1 aliphatic rings. The van der Waals surface area contributed by atoms with Gasteiger partial charge >= 0.3 is 6.03 Å². The van der Waals surface area contributed by atoms with Crippen LogP contribution in [0, 0.1) is 5.92 Å². The number of urea groups is 1. The van der Waals surface area contributed by atoms with Gasteiger partial charge in [0.05, 0.1) is 0 Å². The molecular formula is C24H37ClN4O3. The second-order valence-corrected chi connectivity index (χ2v) is 9.14. The van der Waals surface area contributed by atoms with E-state index in [1.165, 1.54) is 12.8 Å². The number of halogens is 1. The van der Waals surface area contributed by atoms with Crippen LogP contribution in [0.5, 0.6) is 0 Å². The van der Waals surface area contributed by atoms with Gasteiger partial charge in [-0.1, -0.05) is 58.1 Å². The Morgan fingerprint density at radius 3 is 2.12 bits per heavy atom. The summed E-state index contributed by atoms with van der Waals surface area (Å²) in [6.07, 6.45) is 5.86. The fraction of sp³-hybridized carbons (Fsp3) is 0.625. The van der Waals surface area contributed by atoms with Crippen molar-refractivity contribution in [2.45, 2.75) is 65.3 Å². The molecule has 32 heavy (non-hydrogen) atoms. The first-order valence-electron chi connectivity index (χ1n) is 11.7. The molecule has 0 saturated carbocycles. The van der Waals surface area contributed by atoms with Gasteiger partial charge in [0, 0.05) is 43.3 Å². The summed E-state index contributed by atoms with van der Waals surface area (Å²) in [4.78, 5) is 41.4. The third-order valence-electron chi connectivity index (χ3n) is 5.73. The van der Waals surface area contributed by atoms with Gasteiger partial charge < -0.3 is 20.4 Å². The Labute approximate surface area is 196 Å². The van der Waals surface area contributed by atoms with Crippen molar-refractivity contribution in [2.24, 2.45) is 5.92 Å². The van der Waals surface area contributed by atoms with Crippen molar-refractivity contribution in [1.29, 1.82) is 0 Å². The highest BCUT2D eigenvalue weighted by Crippen LogP contribution is 2.15. The number of carbonyl (C=O) groups excluding carboxylic acids is 3. The van der Waals surface area contributed by atoms with Crippen molar-refractivity contribution in [2.75, 3.05) is 31.5 Å². The van der Waals surface area contributed by atoms with Crippen molar-refractivity contribution in [3.05, 3.63) is 29.3 Å². The van der Waals surface area contributed by atoms with Crippen LogP contribution in [0.3, 0.4) is 0 Å². The first-order valence-corrected chi connectivity index (χ1v) is 12.1. The number of anilines is 1. The quantitative estimate of drug-likeness (QED) is 0.499. The molecule has 2 rings (SSSR count). The lowest BCUT2D eigenvalue weighted by molar-refractivity contribution is -0.138. The van der Waals surface area contributed by atoms with Crippen LogP contribution < -0.4 is 10.6 Å². The molecule has 2 N–H and O–H groups in total. The summed E-state index contributed by atoms with van der Waals surface area (Å²) in [5.41, 5.74) is 0.676. The summed E-state index contributed by atoms with van der Waals surface area (Å²) in [5.74, 6) is -0.135. The zero-order chi connectivity index (χ0) is 23.5. The number of piperazine rings is 1. The van der Waals surface area contributed by atoms with Gasteiger partial charge in [0.1, 0.15) is 6.04 Å². The molecule has 178 valence electrons. The van der Waals surface area contributed by atoms with Crippen LogP contribution in [0.15, 0.2) is 24.3 Å². The molecule has 1 fully saturated rings. The molecule has 1 aromatic carbocycles. The molecule has 4 amide bonds. The minimum absolute atomic E-state index is 0.00206. The van der Waals surface area contributed by atoms with Crippen LogP contribution in [0.2, 0.25) is 5.02 Å². The Morgan fingerprint density at radius 2 is 1.53 bits per heavy atom. The van der Waals surface area contributed by atoms with E-state index in [1.807, 2.05) is 13.8 Å². The standard InChI is InChI=1S/C24H37ClN4O3/c1-4-5-6-7-8-9-21(30)27-22(18(2)3)23(31)28-14-16-29(17-15-28)24(32)26-20-12-10-19(25)11-13-20/h10-13,18,22H,4-9,14-17H2,1-3H3,(H,26,32)(H,27,30). The van der Waals surface area contributed by atoms with Gasteiger partial charge in [-0.05, 0) is 36.6 Å². The molecule has 1 unspecified atom stereocenters. The minimum Gasteiger partial charge on any atom is -0.344 e. The fourth-order valence-corrected chi connectivity index (χ4v) is 3.84. The van der Waals surface area contributed by atoms with Crippen molar-refractivity contribution >= 4 is 35.1 Å². The molecule has 1 atom stereocenters. The van der Waals surface area contributed by atoms with E-state index in [0.717, 1.165) is 19.3 Å². The molecule has 0 spiro atoms. The number of rotatable bonds is 10. The summed E-state index contributed by atoms with van der Waals surface area (Å²) in [6, 6.07) is 6.21. The molecule has 1 saturated heterocycles. The highest BCUT2D eigenvalue weighted by Gasteiger charge is 2.31. The maximum atomic E-state index is 13.1. The number of nitrogens with zero attached hydrogens (tertiary/aromatic N) is 2. The lowest BCUT2D eigenvalue weighted by Crippen LogP contribution is -2.57. The molecular weight excluding hydrogens is 428 g/mol. The normalized spacial score (nSPS) is 14.9. The Kier molecular flexibility index (Phi) is 10.8. The van der Waals surface area contributed by atoms with Crippen LogP contribution in [-0.4, -0.2) is 59.9 Å². The predicted octanol–water partition coefficient (Wildman–Crippen LogP) is 4.52. The molecule has 0 bridgehead atoms. The topological polar surface area (TPSA) is 81.8 Å². The zero-order valence-corrected chi connectivity index (χ0v) is 20.3. The highest BCUT2D eigenvalue weighted by molar-refractivity contribution is 6.30. The molecule has 1 aliphatic heterocycles. The molecule has 7 nitrogen and oxygen atoms in total. The zero-order valence-electron chi connectivity index (χ0n) is 19.5. The van der Waals surface area contributed by atoms with Crippen molar-refractivity contribution in [3.8, 4) is 0 Å². The summed E-state index contributed by atoms with van der Waals surface area (Å²) in [5, 5.41) is 6.40. The Hall–Kier alpha value is -2.28. The SMILES string of the molecule is CCCCCCCC(=O)NC(C(=O)N1CCN(C(=O)Nc2ccc(Cl)cc2)CC1)C(C)C. The number of benzene rings is 1. The molecule has 8 heteroatoms. The summed E-state index contributed by atoms with van der Waals surface area (Å²) < 4.78 is 0. The number of hydrogen-bond acceptors (Lipinski definition) is 3. The Morgan fingerprint density at radius 1 is 0.938 bits per heavy atom. The first-order chi connectivity index (χ1) is 15.3. The second-order valence-electron chi connectivity index (χ2n) is 8.70. The largest absolute Gasteiger partial charge is 0.344 e.